The first kappa shape index (κ1) is 14.9. The van der Waals surface area contributed by atoms with E-state index in [1.165, 1.54) is 6.42 Å². The Kier molecular flexibility index (Phi) is 5.89. The fourth-order valence-corrected chi connectivity index (χ4v) is 3.33. The topological polar surface area (TPSA) is 58.2 Å². The Morgan fingerprint density at radius 1 is 1.29 bits per heavy atom. The Bertz CT molecular complexity index is 314. The molecule has 0 aromatic carbocycles. The second-order valence-corrected chi connectivity index (χ2v) is 7.49. The summed E-state index contributed by atoms with van der Waals surface area (Å²) in [5, 5.41) is 3.12. The van der Waals surface area contributed by atoms with E-state index in [2.05, 4.69) is 17.0 Å². The van der Waals surface area contributed by atoms with Crippen molar-refractivity contribution in [3.05, 3.63) is 0 Å². The number of rotatable bonds is 7. The van der Waals surface area contributed by atoms with E-state index in [1.807, 2.05) is 13.8 Å². The molecule has 1 rings (SSSR count). The highest BCUT2D eigenvalue weighted by molar-refractivity contribution is 7.89. The molecule has 0 radical (unpaired) electrons. The van der Waals surface area contributed by atoms with Gasteiger partial charge in [-0.3, -0.25) is 0 Å². The average molecular weight is 262 g/mol. The van der Waals surface area contributed by atoms with Gasteiger partial charge in [-0.2, -0.15) is 0 Å². The lowest BCUT2D eigenvalue weighted by Gasteiger charge is -2.12. The molecule has 0 bridgehead atoms. The van der Waals surface area contributed by atoms with Gasteiger partial charge in [-0.15, -0.1) is 0 Å². The van der Waals surface area contributed by atoms with Crippen LogP contribution in [0.3, 0.4) is 0 Å². The molecule has 102 valence electrons. The van der Waals surface area contributed by atoms with Crippen LogP contribution in [0.25, 0.3) is 0 Å². The van der Waals surface area contributed by atoms with E-state index in [0.29, 0.717) is 25.0 Å². The van der Waals surface area contributed by atoms with Gasteiger partial charge in [0, 0.05) is 19.1 Å². The van der Waals surface area contributed by atoms with Crippen molar-refractivity contribution in [2.24, 2.45) is 11.8 Å². The molecule has 17 heavy (non-hydrogen) atoms. The quantitative estimate of drug-likeness (QED) is 0.728. The Labute approximate surface area is 106 Å². The molecule has 5 heteroatoms. The van der Waals surface area contributed by atoms with Crippen molar-refractivity contribution < 1.29 is 8.42 Å². The van der Waals surface area contributed by atoms with Crippen LogP contribution in [0.4, 0.5) is 0 Å². The van der Waals surface area contributed by atoms with Gasteiger partial charge < -0.3 is 5.32 Å². The molecule has 0 spiro atoms. The molecule has 1 saturated carbocycles. The van der Waals surface area contributed by atoms with E-state index in [1.54, 1.807) is 0 Å². The van der Waals surface area contributed by atoms with Crippen LogP contribution in [0.15, 0.2) is 0 Å². The minimum Gasteiger partial charge on any atom is -0.313 e. The minimum absolute atomic E-state index is 0.174. The fraction of sp³-hybridized carbons (Fsp3) is 1.00. The molecule has 0 aromatic rings. The molecule has 1 aliphatic carbocycles. The molecule has 0 amide bonds. The van der Waals surface area contributed by atoms with Crippen LogP contribution >= 0.6 is 0 Å². The summed E-state index contributed by atoms with van der Waals surface area (Å²) >= 11 is 0. The van der Waals surface area contributed by atoms with E-state index in [9.17, 15) is 8.42 Å². The molecule has 4 nitrogen and oxygen atoms in total. The molecule has 2 atom stereocenters. The summed E-state index contributed by atoms with van der Waals surface area (Å²) in [6, 6.07) is 0.334. The van der Waals surface area contributed by atoms with Crippen LogP contribution in [0.1, 0.15) is 40.0 Å². The third kappa shape index (κ3) is 6.38. The minimum atomic E-state index is -3.09. The van der Waals surface area contributed by atoms with Gasteiger partial charge in [-0.05, 0) is 24.7 Å². The first-order valence-corrected chi connectivity index (χ1v) is 8.25. The van der Waals surface area contributed by atoms with Crippen LogP contribution in [0, 0.1) is 11.8 Å². The highest BCUT2D eigenvalue weighted by Crippen LogP contribution is 2.29. The van der Waals surface area contributed by atoms with E-state index < -0.39 is 10.0 Å². The predicted molar refractivity (Wildman–Crippen MR) is 71.4 cm³/mol. The lowest BCUT2D eigenvalue weighted by atomic mass is 10.1. The van der Waals surface area contributed by atoms with Gasteiger partial charge in [0.1, 0.15) is 0 Å². The van der Waals surface area contributed by atoms with E-state index in [-0.39, 0.29) is 5.75 Å². The van der Waals surface area contributed by atoms with Crippen molar-refractivity contribution in [1.82, 2.24) is 10.0 Å². The summed E-state index contributed by atoms with van der Waals surface area (Å²) in [5.41, 5.74) is 0. The molecule has 0 aromatic heterocycles. The molecule has 0 saturated heterocycles. The predicted octanol–water partition coefficient (Wildman–Crippen LogP) is 1.34. The zero-order valence-electron chi connectivity index (χ0n) is 11.2. The van der Waals surface area contributed by atoms with Gasteiger partial charge in [0.15, 0.2) is 0 Å². The van der Waals surface area contributed by atoms with Crippen LogP contribution in [-0.4, -0.2) is 33.3 Å². The lowest BCUT2D eigenvalue weighted by Crippen LogP contribution is -2.36. The fourth-order valence-electron chi connectivity index (χ4n) is 2.31. The Hall–Kier alpha value is -0.130. The van der Waals surface area contributed by atoms with Gasteiger partial charge in [0.25, 0.3) is 0 Å². The second kappa shape index (κ2) is 6.71. The maximum Gasteiger partial charge on any atom is 0.212 e. The standard InChI is InChI=1S/C12H26N2O2S/c1-10(2)13-6-7-17(15,16)14-9-12-5-4-11(3)8-12/h10-14H,4-9H2,1-3H3. The number of sulfonamides is 1. The molecule has 2 unspecified atom stereocenters. The average Bonchev–Trinajstić information content (AvgIpc) is 2.61. The maximum absolute atomic E-state index is 11.7. The summed E-state index contributed by atoms with van der Waals surface area (Å²) in [5.74, 6) is 1.47. The second-order valence-electron chi connectivity index (χ2n) is 5.56. The summed E-state index contributed by atoms with van der Waals surface area (Å²) in [7, 11) is -3.09. The molecular weight excluding hydrogens is 236 g/mol. The SMILES string of the molecule is CC1CCC(CNS(=O)(=O)CCNC(C)C)C1. The Morgan fingerprint density at radius 2 is 2.00 bits per heavy atom. The zero-order valence-corrected chi connectivity index (χ0v) is 12.0. The highest BCUT2D eigenvalue weighted by atomic mass is 32.2. The number of nitrogens with one attached hydrogen (secondary N) is 2. The van der Waals surface area contributed by atoms with Crippen LogP contribution in [0.5, 0.6) is 0 Å². The molecule has 2 N–H and O–H groups in total. The van der Waals surface area contributed by atoms with E-state index in [4.69, 9.17) is 0 Å². The van der Waals surface area contributed by atoms with Crippen molar-refractivity contribution in [2.45, 2.75) is 46.1 Å². The van der Waals surface area contributed by atoms with Crippen molar-refractivity contribution in [1.29, 1.82) is 0 Å². The van der Waals surface area contributed by atoms with E-state index in [0.717, 1.165) is 18.8 Å². The van der Waals surface area contributed by atoms with Crippen molar-refractivity contribution >= 4 is 10.0 Å². The van der Waals surface area contributed by atoms with Crippen LogP contribution in [0.2, 0.25) is 0 Å². The van der Waals surface area contributed by atoms with Gasteiger partial charge in [-0.25, -0.2) is 13.1 Å². The maximum atomic E-state index is 11.7. The monoisotopic (exact) mass is 262 g/mol. The smallest absolute Gasteiger partial charge is 0.212 e. The van der Waals surface area contributed by atoms with E-state index >= 15 is 0 Å². The molecule has 0 aliphatic heterocycles. The summed E-state index contributed by atoms with van der Waals surface area (Å²) in [6.07, 6.45) is 3.56. The van der Waals surface area contributed by atoms with Crippen molar-refractivity contribution in [3.63, 3.8) is 0 Å². The highest BCUT2D eigenvalue weighted by Gasteiger charge is 2.22. The third-order valence-electron chi connectivity index (χ3n) is 3.32. The Morgan fingerprint density at radius 3 is 2.53 bits per heavy atom. The molecular formula is C12H26N2O2S. The summed E-state index contributed by atoms with van der Waals surface area (Å²) in [6.45, 7) is 7.41. The van der Waals surface area contributed by atoms with Crippen molar-refractivity contribution in [2.75, 3.05) is 18.8 Å². The van der Waals surface area contributed by atoms with Gasteiger partial charge in [-0.1, -0.05) is 27.2 Å². The lowest BCUT2D eigenvalue weighted by molar-refractivity contribution is 0.497. The first-order valence-electron chi connectivity index (χ1n) is 6.60. The molecule has 1 fully saturated rings. The van der Waals surface area contributed by atoms with Crippen LogP contribution < -0.4 is 10.0 Å². The van der Waals surface area contributed by atoms with Gasteiger partial charge in [0.2, 0.25) is 10.0 Å². The summed E-state index contributed by atoms with van der Waals surface area (Å²) in [4.78, 5) is 0. The first-order chi connectivity index (χ1) is 7.89. The largest absolute Gasteiger partial charge is 0.313 e. The Balaban J connectivity index is 2.20. The summed E-state index contributed by atoms with van der Waals surface area (Å²) < 4.78 is 26.1. The number of hydrogen-bond acceptors (Lipinski definition) is 3. The van der Waals surface area contributed by atoms with Crippen LogP contribution in [-0.2, 0) is 10.0 Å². The normalized spacial score (nSPS) is 25.6. The third-order valence-corrected chi connectivity index (χ3v) is 4.67. The molecule has 1 aliphatic rings. The van der Waals surface area contributed by atoms with Gasteiger partial charge in [0.05, 0.1) is 5.75 Å². The zero-order chi connectivity index (χ0) is 12.9. The number of hydrogen-bond donors (Lipinski definition) is 2. The van der Waals surface area contributed by atoms with Crippen molar-refractivity contribution in [3.8, 4) is 0 Å². The molecule has 0 heterocycles. The van der Waals surface area contributed by atoms with Gasteiger partial charge >= 0.3 is 0 Å².